The number of ether oxygens (including phenoxy) is 3. The van der Waals surface area contributed by atoms with Gasteiger partial charge in [-0.05, 0) is 83.8 Å². The van der Waals surface area contributed by atoms with E-state index in [1.807, 2.05) is 48.5 Å². The maximum atomic E-state index is 12.8. The molecule has 3 aromatic carbocycles. The van der Waals surface area contributed by atoms with Gasteiger partial charge in [0.1, 0.15) is 18.1 Å². The van der Waals surface area contributed by atoms with Gasteiger partial charge in [0.2, 0.25) is 0 Å². The maximum Gasteiger partial charge on any atom is 0.416 e. The second-order valence-corrected chi connectivity index (χ2v) is 12.9. The number of nitrogens with one attached hydrogen (secondary N) is 1. The zero-order valence-corrected chi connectivity index (χ0v) is 26.6. The van der Waals surface area contributed by atoms with E-state index in [1.165, 1.54) is 17.7 Å². The number of rotatable bonds is 12. The number of carbonyl (C=O) groups is 2. The summed E-state index contributed by atoms with van der Waals surface area (Å²) in [6.45, 7) is 10.7. The monoisotopic (exact) mass is 638 g/mol. The largest absolute Gasteiger partial charge is 0.492 e. The first kappa shape index (κ1) is 33.3. The summed E-state index contributed by atoms with van der Waals surface area (Å²) in [5.41, 5.74) is 1.62. The van der Waals surface area contributed by atoms with Gasteiger partial charge in [-0.25, -0.2) is 4.79 Å². The quantitative estimate of drug-likeness (QED) is 0.186. The number of hydrogen-bond acceptors (Lipinski definition) is 6. The number of alkyl halides is 3. The van der Waals surface area contributed by atoms with Crippen LogP contribution in [-0.4, -0.2) is 61.8 Å². The fraction of sp³-hybridized carbons (Fsp3) is 0.444. The van der Waals surface area contributed by atoms with Gasteiger partial charge < -0.3 is 24.4 Å². The summed E-state index contributed by atoms with van der Waals surface area (Å²) in [6, 6.07) is 20.0. The van der Waals surface area contributed by atoms with Crippen molar-refractivity contribution in [2.24, 2.45) is 11.8 Å². The molecule has 2 aliphatic rings. The van der Waals surface area contributed by atoms with Gasteiger partial charge in [-0.1, -0.05) is 45.0 Å². The highest BCUT2D eigenvalue weighted by Crippen LogP contribution is 2.45. The number of hydrogen-bond donors (Lipinski definition) is 1. The molecule has 1 saturated heterocycles. The van der Waals surface area contributed by atoms with Crippen LogP contribution in [0.5, 0.6) is 11.5 Å². The molecule has 7 nitrogen and oxygen atoms in total. The predicted octanol–water partition coefficient (Wildman–Crippen LogP) is 6.30. The van der Waals surface area contributed by atoms with Crippen molar-refractivity contribution in [3.63, 3.8) is 0 Å². The van der Waals surface area contributed by atoms with E-state index in [0.717, 1.165) is 17.7 Å². The van der Waals surface area contributed by atoms with Crippen molar-refractivity contribution in [1.82, 2.24) is 10.2 Å². The molecule has 1 aliphatic carbocycles. The Kier molecular flexibility index (Phi) is 9.96. The van der Waals surface area contributed by atoms with E-state index >= 15 is 0 Å². The highest BCUT2D eigenvalue weighted by molar-refractivity contribution is 5.94. The van der Waals surface area contributed by atoms with Crippen molar-refractivity contribution >= 4 is 11.9 Å². The molecule has 3 aromatic rings. The third-order valence-corrected chi connectivity index (χ3v) is 8.58. The summed E-state index contributed by atoms with van der Waals surface area (Å²) in [6.07, 6.45) is -4.85. The molecule has 2 fully saturated rings. The van der Waals surface area contributed by atoms with Crippen LogP contribution in [-0.2, 0) is 27.5 Å². The third-order valence-electron chi connectivity index (χ3n) is 8.58. The van der Waals surface area contributed by atoms with Crippen LogP contribution in [0.4, 0.5) is 13.2 Å². The molecule has 1 amide bonds. The van der Waals surface area contributed by atoms with Gasteiger partial charge >= 0.3 is 12.1 Å². The molecule has 46 heavy (non-hydrogen) atoms. The summed E-state index contributed by atoms with van der Waals surface area (Å²) in [5.74, 6) is 1.34. The lowest BCUT2D eigenvalue weighted by molar-refractivity contribution is -0.151. The Balaban J connectivity index is 1.04. The zero-order chi connectivity index (χ0) is 33.1. The molecule has 246 valence electrons. The molecule has 0 aromatic heterocycles. The van der Waals surface area contributed by atoms with E-state index in [4.69, 9.17) is 14.2 Å². The van der Waals surface area contributed by atoms with Gasteiger partial charge in [0.05, 0.1) is 12.2 Å². The minimum Gasteiger partial charge on any atom is -0.492 e. The zero-order valence-electron chi connectivity index (χ0n) is 26.6. The normalized spacial score (nSPS) is 19.7. The Hall–Kier alpha value is -4.05. The molecule has 0 bridgehead atoms. The highest BCUT2D eigenvalue weighted by atomic mass is 19.4. The minimum absolute atomic E-state index is 0.0165. The molecule has 4 atom stereocenters. The molecule has 1 aliphatic heterocycles. The molecular formula is C36H41F3N2O5. The Morgan fingerprint density at radius 3 is 2.02 bits per heavy atom. The predicted molar refractivity (Wildman–Crippen MR) is 168 cm³/mol. The number of amides is 1. The first-order chi connectivity index (χ1) is 21.8. The number of halogens is 3. The van der Waals surface area contributed by atoms with Gasteiger partial charge in [0, 0.05) is 37.7 Å². The van der Waals surface area contributed by atoms with Crippen molar-refractivity contribution in [2.45, 2.75) is 57.9 Å². The number of nitrogens with zero attached hydrogens (tertiary/aromatic N) is 1. The second kappa shape index (κ2) is 13.7. The van der Waals surface area contributed by atoms with Crippen LogP contribution < -0.4 is 14.8 Å². The first-order valence-corrected chi connectivity index (χ1v) is 15.7. The summed E-state index contributed by atoms with van der Waals surface area (Å²) >= 11 is 0. The van der Waals surface area contributed by atoms with Crippen LogP contribution in [0.3, 0.4) is 0 Å². The van der Waals surface area contributed by atoms with E-state index in [0.29, 0.717) is 62.0 Å². The van der Waals surface area contributed by atoms with Gasteiger partial charge in [-0.15, -0.1) is 0 Å². The summed E-state index contributed by atoms with van der Waals surface area (Å²) < 4.78 is 55.7. The van der Waals surface area contributed by atoms with Crippen molar-refractivity contribution in [3.05, 3.63) is 95.1 Å². The van der Waals surface area contributed by atoms with E-state index in [2.05, 4.69) is 26.1 Å². The van der Waals surface area contributed by atoms with Crippen molar-refractivity contribution in [2.75, 3.05) is 32.8 Å². The van der Waals surface area contributed by atoms with Crippen molar-refractivity contribution < 1.29 is 37.0 Å². The average molecular weight is 639 g/mol. The lowest BCUT2D eigenvalue weighted by atomic mass is 9.87. The molecule has 1 unspecified atom stereocenters. The van der Waals surface area contributed by atoms with Crippen LogP contribution in [0.25, 0.3) is 0 Å². The number of carbonyl (C=O) groups excluding carboxylic acids is 2. The molecule has 10 heteroatoms. The standard InChI is InChI=1S/C36H41F3N2O5/c1-5-44-34(43)31(46-28-16-12-25(13-17-28)35(2,3)4)20-23-6-14-27(15-7-23)45-19-18-40-32-29-21-41(22-30(29)32)33(42)24-8-10-26(11-9-24)36(37,38)39/h6-17,29-32,40H,5,18-22H2,1-4H3/t29-,30+,31-,32?/m0/s1. The SMILES string of the molecule is CCOC(=O)[C@H](Cc1ccc(OCCNC2[C@H]3CN(C(=O)c4ccc(C(F)(F)F)cc4)C[C@@H]23)cc1)Oc1ccc(C(C)(C)C)cc1. The third kappa shape index (κ3) is 8.20. The second-order valence-electron chi connectivity index (χ2n) is 12.9. The van der Waals surface area contributed by atoms with Crippen molar-refractivity contribution in [3.8, 4) is 11.5 Å². The van der Waals surface area contributed by atoms with E-state index in [9.17, 15) is 22.8 Å². The number of esters is 1. The number of piperidine rings is 1. The average Bonchev–Trinajstić information content (AvgIpc) is 3.46. The lowest BCUT2D eigenvalue weighted by Crippen LogP contribution is -2.36. The minimum atomic E-state index is -4.42. The Bertz CT molecular complexity index is 1470. The highest BCUT2D eigenvalue weighted by Gasteiger charge is 2.56. The van der Waals surface area contributed by atoms with Crippen LogP contribution in [0, 0.1) is 11.8 Å². The fourth-order valence-electron chi connectivity index (χ4n) is 5.92. The van der Waals surface area contributed by atoms with Gasteiger partial charge in [-0.2, -0.15) is 13.2 Å². The lowest BCUT2D eigenvalue weighted by Gasteiger charge is -2.21. The van der Waals surface area contributed by atoms with Crippen LogP contribution in [0.15, 0.2) is 72.8 Å². The number of fused-ring (bicyclic) bond motifs is 1. The number of likely N-dealkylation sites (tertiary alicyclic amines) is 1. The van der Waals surface area contributed by atoms with Crippen LogP contribution in [0.1, 0.15) is 54.7 Å². The van der Waals surface area contributed by atoms with Crippen LogP contribution in [0.2, 0.25) is 0 Å². The Labute approximate surface area is 268 Å². The topological polar surface area (TPSA) is 77.1 Å². The Morgan fingerprint density at radius 1 is 0.870 bits per heavy atom. The molecule has 1 N–H and O–H groups in total. The molecular weight excluding hydrogens is 597 g/mol. The van der Waals surface area contributed by atoms with Crippen LogP contribution >= 0.6 is 0 Å². The van der Waals surface area contributed by atoms with E-state index in [-0.39, 0.29) is 23.5 Å². The summed E-state index contributed by atoms with van der Waals surface area (Å²) in [7, 11) is 0. The van der Waals surface area contributed by atoms with Crippen molar-refractivity contribution in [1.29, 1.82) is 0 Å². The molecule has 1 saturated carbocycles. The molecule has 5 rings (SSSR count). The molecule has 1 heterocycles. The van der Waals surface area contributed by atoms with Gasteiger partial charge in [0.15, 0.2) is 6.10 Å². The first-order valence-electron chi connectivity index (χ1n) is 15.7. The van der Waals surface area contributed by atoms with E-state index < -0.39 is 23.8 Å². The Morgan fingerprint density at radius 2 is 1.46 bits per heavy atom. The number of benzene rings is 3. The summed E-state index contributed by atoms with van der Waals surface area (Å²) in [4.78, 5) is 27.1. The molecule has 0 spiro atoms. The smallest absolute Gasteiger partial charge is 0.416 e. The summed E-state index contributed by atoms with van der Waals surface area (Å²) in [5, 5.41) is 3.49. The maximum absolute atomic E-state index is 12.8. The fourth-order valence-corrected chi connectivity index (χ4v) is 5.92. The van der Waals surface area contributed by atoms with Gasteiger partial charge in [-0.3, -0.25) is 4.79 Å². The van der Waals surface area contributed by atoms with E-state index in [1.54, 1.807) is 11.8 Å². The molecule has 0 radical (unpaired) electrons. The van der Waals surface area contributed by atoms with Gasteiger partial charge in [0.25, 0.3) is 5.91 Å².